The minimum atomic E-state index is -0.963. The predicted molar refractivity (Wildman–Crippen MR) is 108 cm³/mol. The van der Waals surface area contributed by atoms with Crippen LogP contribution in [0.2, 0.25) is 0 Å². The van der Waals surface area contributed by atoms with E-state index in [0.29, 0.717) is 17.2 Å². The van der Waals surface area contributed by atoms with Gasteiger partial charge in [-0.05, 0) is 61.4 Å². The normalized spacial score (nSPS) is 13.4. The van der Waals surface area contributed by atoms with Crippen molar-refractivity contribution in [1.29, 1.82) is 0 Å². The molecule has 1 saturated heterocycles. The number of aromatic nitrogens is 2. The van der Waals surface area contributed by atoms with E-state index >= 15 is 0 Å². The molecule has 1 amide bonds. The number of halogens is 2. The fourth-order valence-electron chi connectivity index (χ4n) is 3.17. The predicted octanol–water partition coefficient (Wildman–Crippen LogP) is 4.35. The Morgan fingerprint density at radius 1 is 0.862 bits per heavy atom. The molecule has 29 heavy (non-hydrogen) atoms. The average molecular weight is 395 g/mol. The molecule has 2 heterocycles. The quantitative estimate of drug-likeness (QED) is 0.672. The van der Waals surface area contributed by atoms with Crippen LogP contribution < -0.4 is 15.5 Å². The Hall–Kier alpha value is -3.55. The van der Waals surface area contributed by atoms with Gasteiger partial charge in [0.2, 0.25) is 0 Å². The first kappa shape index (κ1) is 18.8. The number of hydrogen-bond donors (Lipinski definition) is 2. The third kappa shape index (κ3) is 4.48. The number of rotatable bonds is 5. The van der Waals surface area contributed by atoms with Gasteiger partial charge < -0.3 is 15.5 Å². The summed E-state index contributed by atoms with van der Waals surface area (Å²) in [5.41, 5.74) is 2.29. The van der Waals surface area contributed by atoms with E-state index in [4.69, 9.17) is 0 Å². The summed E-state index contributed by atoms with van der Waals surface area (Å²) in [6.45, 7) is 2.12. The van der Waals surface area contributed by atoms with Crippen LogP contribution in [-0.4, -0.2) is 29.2 Å². The van der Waals surface area contributed by atoms with Gasteiger partial charge in [-0.15, -0.1) is 10.2 Å². The first-order valence-electron chi connectivity index (χ1n) is 9.31. The Kier molecular flexibility index (Phi) is 5.33. The van der Waals surface area contributed by atoms with Crippen molar-refractivity contribution < 1.29 is 13.6 Å². The lowest BCUT2D eigenvalue weighted by Gasteiger charge is -2.17. The van der Waals surface area contributed by atoms with E-state index in [1.54, 1.807) is 6.07 Å². The molecule has 0 bridgehead atoms. The van der Waals surface area contributed by atoms with Crippen molar-refractivity contribution in [2.75, 3.05) is 28.6 Å². The molecular weight excluding hydrogens is 376 g/mol. The standard InChI is InChI=1S/C21H19F2N5O/c22-17-8-5-15(13-18(17)23)24-20-10-9-19(26-27-20)21(29)25-14-3-6-16(7-4-14)28-11-1-2-12-28/h3-10,13H,1-2,11-12H2,(H,24,27)(H,25,29). The molecule has 0 radical (unpaired) electrons. The van der Waals surface area contributed by atoms with Crippen LogP contribution in [0, 0.1) is 11.6 Å². The molecule has 1 fully saturated rings. The third-order valence-corrected chi connectivity index (χ3v) is 4.69. The smallest absolute Gasteiger partial charge is 0.276 e. The van der Waals surface area contributed by atoms with Crippen molar-refractivity contribution in [3.05, 3.63) is 71.9 Å². The number of benzene rings is 2. The number of nitrogens with zero attached hydrogens (tertiary/aromatic N) is 3. The molecule has 4 rings (SSSR count). The zero-order valence-electron chi connectivity index (χ0n) is 15.5. The van der Waals surface area contributed by atoms with Crippen molar-refractivity contribution in [2.24, 2.45) is 0 Å². The van der Waals surface area contributed by atoms with Crippen molar-refractivity contribution >= 4 is 28.8 Å². The molecule has 2 N–H and O–H groups in total. The van der Waals surface area contributed by atoms with Gasteiger partial charge in [0.1, 0.15) is 0 Å². The highest BCUT2D eigenvalue weighted by molar-refractivity contribution is 6.02. The molecule has 0 atom stereocenters. The summed E-state index contributed by atoms with van der Waals surface area (Å²) in [5.74, 6) is -1.97. The second-order valence-electron chi connectivity index (χ2n) is 6.75. The molecule has 1 aliphatic heterocycles. The van der Waals surface area contributed by atoms with Crippen LogP contribution in [0.1, 0.15) is 23.3 Å². The number of amides is 1. The maximum Gasteiger partial charge on any atom is 0.276 e. The molecule has 1 aliphatic rings. The Morgan fingerprint density at radius 2 is 1.59 bits per heavy atom. The largest absolute Gasteiger partial charge is 0.372 e. The van der Waals surface area contributed by atoms with Gasteiger partial charge in [0.05, 0.1) is 0 Å². The van der Waals surface area contributed by atoms with E-state index in [2.05, 4.69) is 25.7 Å². The summed E-state index contributed by atoms with van der Waals surface area (Å²) in [6, 6.07) is 14.2. The van der Waals surface area contributed by atoms with Gasteiger partial charge in [0.15, 0.2) is 23.1 Å². The second-order valence-corrected chi connectivity index (χ2v) is 6.75. The topological polar surface area (TPSA) is 70.2 Å². The summed E-state index contributed by atoms with van der Waals surface area (Å²) in [5, 5.41) is 13.4. The molecule has 1 aromatic heterocycles. The van der Waals surface area contributed by atoms with Crippen LogP contribution in [0.3, 0.4) is 0 Å². The van der Waals surface area contributed by atoms with E-state index in [1.807, 2.05) is 24.3 Å². The van der Waals surface area contributed by atoms with E-state index in [0.717, 1.165) is 30.9 Å². The van der Waals surface area contributed by atoms with Gasteiger partial charge >= 0.3 is 0 Å². The first-order valence-corrected chi connectivity index (χ1v) is 9.31. The minimum absolute atomic E-state index is 0.143. The van der Waals surface area contributed by atoms with Crippen LogP contribution in [-0.2, 0) is 0 Å². The van der Waals surface area contributed by atoms with Crippen molar-refractivity contribution in [3.8, 4) is 0 Å². The number of carbonyl (C=O) groups excluding carboxylic acids is 1. The second kappa shape index (κ2) is 8.22. The first-order chi connectivity index (χ1) is 14.1. The summed E-state index contributed by atoms with van der Waals surface area (Å²) >= 11 is 0. The Morgan fingerprint density at radius 3 is 2.24 bits per heavy atom. The lowest BCUT2D eigenvalue weighted by atomic mass is 10.2. The molecule has 8 heteroatoms. The summed E-state index contributed by atoms with van der Waals surface area (Å²) in [7, 11) is 0. The molecule has 2 aromatic carbocycles. The van der Waals surface area contributed by atoms with Crippen LogP contribution in [0.25, 0.3) is 0 Å². The van der Waals surface area contributed by atoms with Crippen molar-refractivity contribution in [1.82, 2.24) is 10.2 Å². The van der Waals surface area contributed by atoms with Crippen molar-refractivity contribution in [2.45, 2.75) is 12.8 Å². The third-order valence-electron chi connectivity index (χ3n) is 4.69. The van der Waals surface area contributed by atoms with Crippen LogP contribution in [0.4, 0.5) is 31.7 Å². The molecule has 0 saturated carbocycles. The lowest BCUT2D eigenvalue weighted by Crippen LogP contribution is -2.18. The highest BCUT2D eigenvalue weighted by Gasteiger charge is 2.13. The number of hydrogen-bond acceptors (Lipinski definition) is 5. The number of carbonyl (C=O) groups is 1. The SMILES string of the molecule is O=C(Nc1ccc(N2CCCC2)cc1)c1ccc(Nc2ccc(F)c(F)c2)nn1. The van der Waals surface area contributed by atoms with E-state index in [9.17, 15) is 13.6 Å². The summed E-state index contributed by atoms with van der Waals surface area (Å²) in [6.07, 6.45) is 2.41. The number of anilines is 4. The van der Waals surface area contributed by atoms with Crippen molar-refractivity contribution in [3.63, 3.8) is 0 Å². The molecule has 0 aliphatic carbocycles. The summed E-state index contributed by atoms with van der Waals surface area (Å²) < 4.78 is 26.2. The van der Waals surface area contributed by atoms with E-state index in [-0.39, 0.29) is 11.6 Å². The highest BCUT2D eigenvalue weighted by Crippen LogP contribution is 2.22. The minimum Gasteiger partial charge on any atom is -0.372 e. The fourth-order valence-corrected chi connectivity index (χ4v) is 3.17. The molecular formula is C21H19F2N5O. The zero-order valence-corrected chi connectivity index (χ0v) is 15.5. The molecule has 0 unspecified atom stereocenters. The fraction of sp³-hybridized carbons (Fsp3) is 0.190. The number of nitrogens with one attached hydrogen (secondary N) is 2. The van der Waals surface area contributed by atoms with Gasteiger partial charge in [0, 0.05) is 36.2 Å². The monoisotopic (exact) mass is 395 g/mol. The van der Waals surface area contributed by atoms with E-state index in [1.165, 1.54) is 25.0 Å². The zero-order chi connectivity index (χ0) is 20.2. The Balaban J connectivity index is 1.38. The Bertz CT molecular complexity index is 1000. The maximum atomic E-state index is 13.3. The highest BCUT2D eigenvalue weighted by atomic mass is 19.2. The summed E-state index contributed by atoms with van der Waals surface area (Å²) in [4.78, 5) is 14.7. The van der Waals surface area contributed by atoms with Gasteiger partial charge in [-0.25, -0.2) is 8.78 Å². The molecule has 6 nitrogen and oxygen atoms in total. The lowest BCUT2D eigenvalue weighted by molar-refractivity contribution is 0.102. The van der Waals surface area contributed by atoms with Gasteiger partial charge in [-0.1, -0.05) is 0 Å². The van der Waals surface area contributed by atoms with Gasteiger partial charge in [-0.3, -0.25) is 4.79 Å². The molecule has 0 spiro atoms. The maximum absolute atomic E-state index is 13.3. The average Bonchev–Trinajstić information content (AvgIpc) is 3.27. The van der Waals surface area contributed by atoms with Gasteiger partial charge in [0.25, 0.3) is 5.91 Å². The van der Waals surface area contributed by atoms with Crippen LogP contribution in [0.15, 0.2) is 54.6 Å². The van der Waals surface area contributed by atoms with Crippen LogP contribution in [0.5, 0.6) is 0 Å². The van der Waals surface area contributed by atoms with E-state index < -0.39 is 11.6 Å². The molecule has 148 valence electrons. The Labute approximate surface area is 166 Å². The van der Waals surface area contributed by atoms with Gasteiger partial charge in [-0.2, -0.15) is 0 Å². The van der Waals surface area contributed by atoms with Crippen LogP contribution >= 0.6 is 0 Å². The molecule has 3 aromatic rings.